The van der Waals surface area contributed by atoms with Gasteiger partial charge in [0.05, 0.1) is 11.5 Å². The van der Waals surface area contributed by atoms with Gasteiger partial charge in [0.25, 0.3) is 11.1 Å². The molecule has 0 unspecified atom stereocenters. The molecular weight excluding hydrogens is 406 g/mol. The van der Waals surface area contributed by atoms with Crippen LogP contribution in [-0.4, -0.2) is 17.8 Å². The Balaban J connectivity index is 1.19. The summed E-state index contributed by atoms with van der Waals surface area (Å²) in [5.74, 6) is 0.457. The number of hydrogen-bond donors (Lipinski definition) is 1. The Hall–Kier alpha value is -3.31. The summed E-state index contributed by atoms with van der Waals surface area (Å²) in [6, 6.07) is 26.7. The predicted molar refractivity (Wildman–Crippen MR) is 126 cm³/mol. The Morgan fingerprint density at radius 3 is 2.19 bits per heavy atom. The molecule has 0 atom stereocenters. The molecule has 156 valence electrons. The van der Waals surface area contributed by atoms with Crippen molar-refractivity contribution in [3.05, 3.63) is 94.9 Å². The van der Waals surface area contributed by atoms with Gasteiger partial charge in [0.1, 0.15) is 5.75 Å². The van der Waals surface area contributed by atoms with E-state index in [4.69, 9.17) is 4.74 Å². The lowest BCUT2D eigenvalue weighted by Crippen LogP contribution is -2.17. The smallest absolute Gasteiger partial charge is 0.290 e. The zero-order valence-electron chi connectivity index (χ0n) is 17.0. The summed E-state index contributed by atoms with van der Waals surface area (Å²) in [6.45, 7) is 0.662. The van der Waals surface area contributed by atoms with Crippen molar-refractivity contribution in [2.75, 3.05) is 6.61 Å². The third-order valence-corrected chi connectivity index (χ3v) is 5.82. The van der Waals surface area contributed by atoms with Crippen molar-refractivity contribution in [1.82, 2.24) is 5.32 Å². The van der Waals surface area contributed by atoms with Crippen LogP contribution in [0.2, 0.25) is 0 Å². The van der Waals surface area contributed by atoms with Crippen molar-refractivity contribution in [2.24, 2.45) is 0 Å². The molecular formula is C26H23NO3S. The van der Waals surface area contributed by atoms with Crippen molar-refractivity contribution in [2.45, 2.75) is 19.3 Å². The van der Waals surface area contributed by atoms with E-state index in [0.29, 0.717) is 11.5 Å². The molecule has 1 aliphatic heterocycles. The van der Waals surface area contributed by atoms with Crippen LogP contribution in [0.15, 0.2) is 83.8 Å². The van der Waals surface area contributed by atoms with E-state index in [1.165, 1.54) is 16.7 Å². The number of ether oxygens (including phenoxy) is 1. The first-order valence-corrected chi connectivity index (χ1v) is 11.1. The molecule has 0 aromatic heterocycles. The molecule has 5 heteroatoms. The lowest BCUT2D eigenvalue weighted by molar-refractivity contribution is -0.115. The van der Waals surface area contributed by atoms with Crippen molar-refractivity contribution in [1.29, 1.82) is 0 Å². The summed E-state index contributed by atoms with van der Waals surface area (Å²) in [4.78, 5) is 23.2. The number of hydrogen-bond acceptors (Lipinski definition) is 4. The van der Waals surface area contributed by atoms with Gasteiger partial charge in [-0.3, -0.25) is 14.9 Å². The zero-order chi connectivity index (χ0) is 21.5. The highest BCUT2D eigenvalue weighted by atomic mass is 32.2. The van der Waals surface area contributed by atoms with Crippen LogP contribution in [0.3, 0.4) is 0 Å². The van der Waals surface area contributed by atoms with Gasteiger partial charge in [-0.2, -0.15) is 0 Å². The quantitative estimate of drug-likeness (QED) is 0.348. The third kappa shape index (κ3) is 5.86. The summed E-state index contributed by atoms with van der Waals surface area (Å²) in [6.07, 6.45) is 4.78. The molecule has 0 spiro atoms. The van der Waals surface area contributed by atoms with Gasteiger partial charge in [-0.1, -0.05) is 66.7 Å². The minimum absolute atomic E-state index is 0.330. The first-order chi connectivity index (χ1) is 15.2. The average molecular weight is 430 g/mol. The van der Waals surface area contributed by atoms with Crippen LogP contribution < -0.4 is 10.1 Å². The Labute approximate surface area is 186 Å². The van der Waals surface area contributed by atoms with Crippen molar-refractivity contribution >= 4 is 29.0 Å². The van der Waals surface area contributed by atoms with E-state index in [1.807, 2.05) is 30.3 Å². The van der Waals surface area contributed by atoms with E-state index in [-0.39, 0.29) is 11.1 Å². The van der Waals surface area contributed by atoms with Gasteiger partial charge in [0, 0.05) is 0 Å². The molecule has 0 saturated carbocycles. The van der Waals surface area contributed by atoms with E-state index in [2.05, 4.69) is 53.8 Å². The number of carbonyl (C=O) groups excluding carboxylic acids is 2. The number of aryl methyl sites for hydroxylation is 1. The molecule has 1 fully saturated rings. The number of benzene rings is 3. The third-order valence-electron chi connectivity index (χ3n) is 5.01. The number of rotatable bonds is 8. The molecule has 4 nitrogen and oxygen atoms in total. The highest BCUT2D eigenvalue weighted by Crippen LogP contribution is 2.26. The van der Waals surface area contributed by atoms with E-state index in [0.717, 1.165) is 42.3 Å². The van der Waals surface area contributed by atoms with Crippen LogP contribution in [0.25, 0.3) is 17.2 Å². The molecule has 0 bridgehead atoms. The minimum Gasteiger partial charge on any atom is -0.494 e. The van der Waals surface area contributed by atoms with E-state index in [9.17, 15) is 9.59 Å². The van der Waals surface area contributed by atoms with E-state index >= 15 is 0 Å². The Kier molecular flexibility index (Phi) is 6.85. The van der Waals surface area contributed by atoms with Gasteiger partial charge in [0.2, 0.25) is 0 Å². The standard InChI is InChI=1S/C26H23NO3S/c28-25-24(31-26(29)27-25)18-20-11-15-23(16-12-20)30-17-5-4-6-19-9-13-22(14-10-19)21-7-2-1-3-8-21/h1-3,7-16,18H,4-6,17H2,(H,27,28,29). The first kappa shape index (κ1) is 20.9. The van der Waals surface area contributed by atoms with Crippen LogP contribution in [0, 0.1) is 0 Å². The highest BCUT2D eigenvalue weighted by Gasteiger charge is 2.24. The van der Waals surface area contributed by atoms with Crippen LogP contribution >= 0.6 is 11.8 Å². The largest absolute Gasteiger partial charge is 0.494 e. The fourth-order valence-electron chi connectivity index (χ4n) is 3.35. The topological polar surface area (TPSA) is 55.4 Å². The minimum atomic E-state index is -0.343. The second kappa shape index (κ2) is 10.1. The number of amides is 2. The predicted octanol–water partition coefficient (Wildman–Crippen LogP) is 6.08. The van der Waals surface area contributed by atoms with Crippen molar-refractivity contribution in [3.63, 3.8) is 0 Å². The van der Waals surface area contributed by atoms with Gasteiger partial charge >= 0.3 is 0 Å². The first-order valence-electron chi connectivity index (χ1n) is 10.3. The summed E-state index contributed by atoms with van der Waals surface area (Å²) >= 11 is 0.920. The molecule has 1 N–H and O–H groups in total. The molecule has 0 radical (unpaired) electrons. The molecule has 1 saturated heterocycles. The van der Waals surface area contributed by atoms with Gasteiger partial charge in [-0.05, 0) is 71.5 Å². The number of carbonyl (C=O) groups is 2. The second-order valence-corrected chi connectivity index (χ2v) is 8.30. The number of unbranched alkanes of at least 4 members (excludes halogenated alkanes) is 1. The fraction of sp³-hybridized carbons (Fsp3) is 0.154. The van der Waals surface area contributed by atoms with Gasteiger partial charge in [-0.25, -0.2) is 0 Å². The summed E-state index contributed by atoms with van der Waals surface area (Å²) < 4.78 is 5.82. The summed E-state index contributed by atoms with van der Waals surface area (Å²) in [5, 5.41) is 1.92. The highest BCUT2D eigenvalue weighted by molar-refractivity contribution is 8.18. The maximum absolute atomic E-state index is 11.6. The monoisotopic (exact) mass is 429 g/mol. The molecule has 3 aromatic rings. The maximum atomic E-state index is 11.6. The van der Waals surface area contributed by atoms with Crippen molar-refractivity contribution < 1.29 is 14.3 Å². The maximum Gasteiger partial charge on any atom is 0.290 e. The average Bonchev–Trinajstić information content (AvgIpc) is 3.12. The summed E-state index contributed by atoms with van der Waals surface area (Å²) in [7, 11) is 0. The second-order valence-electron chi connectivity index (χ2n) is 7.29. The summed E-state index contributed by atoms with van der Waals surface area (Å²) in [5.41, 5.74) is 4.68. The lowest BCUT2D eigenvalue weighted by Gasteiger charge is -2.07. The molecule has 1 aliphatic rings. The number of nitrogens with one attached hydrogen (secondary N) is 1. The zero-order valence-corrected chi connectivity index (χ0v) is 17.9. The van der Waals surface area contributed by atoms with Crippen molar-refractivity contribution in [3.8, 4) is 16.9 Å². The molecule has 3 aromatic carbocycles. The molecule has 1 heterocycles. The van der Waals surface area contributed by atoms with E-state index in [1.54, 1.807) is 6.08 Å². The van der Waals surface area contributed by atoms with E-state index < -0.39 is 0 Å². The Morgan fingerprint density at radius 2 is 1.52 bits per heavy atom. The molecule has 2 amide bonds. The van der Waals surface area contributed by atoms with Crippen LogP contribution in [0.5, 0.6) is 5.75 Å². The molecule has 0 aliphatic carbocycles. The van der Waals surface area contributed by atoms with Gasteiger partial charge in [-0.15, -0.1) is 0 Å². The van der Waals surface area contributed by atoms with Crippen LogP contribution in [0.1, 0.15) is 24.0 Å². The van der Waals surface area contributed by atoms with Crippen LogP contribution in [-0.2, 0) is 11.2 Å². The normalized spacial score (nSPS) is 14.6. The van der Waals surface area contributed by atoms with Crippen LogP contribution in [0.4, 0.5) is 4.79 Å². The molecule has 4 rings (SSSR count). The fourth-order valence-corrected chi connectivity index (χ4v) is 4.03. The van der Waals surface area contributed by atoms with Gasteiger partial charge in [0.15, 0.2) is 0 Å². The Bertz CT molecular complexity index is 1070. The number of imide groups is 1. The number of thioether (sulfide) groups is 1. The van der Waals surface area contributed by atoms with Gasteiger partial charge < -0.3 is 4.74 Å². The Morgan fingerprint density at radius 1 is 0.806 bits per heavy atom. The SMILES string of the molecule is O=C1NC(=O)C(=Cc2ccc(OCCCCc3ccc(-c4ccccc4)cc3)cc2)S1. The molecule has 31 heavy (non-hydrogen) atoms. The lowest BCUT2D eigenvalue weighted by atomic mass is 10.0.